The molecular weight excluding hydrogens is 289 g/mol. The van der Waals surface area contributed by atoms with Gasteiger partial charge in [-0.15, -0.1) is 0 Å². The quantitative estimate of drug-likeness (QED) is 0.469. The number of hydrogen-bond acceptors (Lipinski definition) is 6. The van der Waals surface area contributed by atoms with Crippen molar-refractivity contribution in [3.05, 3.63) is 12.3 Å². The van der Waals surface area contributed by atoms with E-state index in [0.29, 0.717) is 4.86 Å². The summed E-state index contributed by atoms with van der Waals surface area (Å²) in [7, 11) is 0. The zero-order valence-corrected chi connectivity index (χ0v) is 12.0. The van der Waals surface area contributed by atoms with Crippen molar-refractivity contribution in [2.75, 3.05) is 13.3 Å². The highest BCUT2D eigenvalue weighted by Crippen LogP contribution is 2.33. The number of carbonyl (C=O) groups is 1. The molecule has 0 aliphatic carbocycles. The van der Waals surface area contributed by atoms with Crippen molar-refractivity contribution in [3.63, 3.8) is 0 Å². The maximum atomic E-state index is 13.0. The molecule has 0 aromatic heterocycles. The Kier molecular flexibility index (Phi) is 5.72. The van der Waals surface area contributed by atoms with Gasteiger partial charge in [0.2, 0.25) is 5.91 Å². The molecule has 4 atom stereocenters. The van der Waals surface area contributed by atoms with Crippen LogP contribution in [0.2, 0.25) is 0 Å². The lowest BCUT2D eigenvalue weighted by atomic mass is 9.97. The molecule has 114 valence electrons. The summed E-state index contributed by atoms with van der Waals surface area (Å²) >= 11 is 4.84. The van der Waals surface area contributed by atoms with Gasteiger partial charge in [-0.1, -0.05) is 12.2 Å². The van der Waals surface area contributed by atoms with Crippen LogP contribution in [0.3, 0.4) is 0 Å². The summed E-state index contributed by atoms with van der Waals surface area (Å²) in [5.41, 5.74) is -1.93. The van der Waals surface area contributed by atoms with Crippen LogP contribution in [0.15, 0.2) is 12.3 Å². The van der Waals surface area contributed by atoms with Gasteiger partial charge in [0, 0.05) is 18.0 Å². The molecular formula is C12H18FNO5S. The molecule has 0 saturated carbocycles. The van der Waals surface area contributed by atoms with Crippen LogP contribution >= 0.6 is 12.2 Å². The van der Waals surface area contributed by atoms with Crippen LogP contribution in [0, 0.1) is 0 Å². The number of carbonyl (C=O) groups excluding carboxylic acids is 1. The van der Waals surface area contributed by atoms with Crippen molar-refractivity contribution in [2.45, 2.75) is 37.9 Å². The summed E-state index contributed by atoms with van der Waals surface area (Å²) in [5, 5.41) is 28.9. The maximum Gasteiger partial charge on any atom is 0.225 e. The zero-order chi connectivity index (χ0) is 15.5. The van der Waals surface area contributed by atoms with E-state index in [4.69, 9.17) is 17.0 Å². The lowest BCUT2D eigenvalue weighted by Crippen LogP contribution is -2.48. The summed E-state index contributed by atoms with van der Waals surface area (Å²) in [4.78, 5) is 13.1. The standard InChI is InChI=1S/C12H18FNO5S/c1-7(20)3-4-14(8(2)16)11-9(17)10(18)12(5-13,6-15)19-11/h3-4,9-11,15,17-18H,5-6H2,1-2H3/b4-3-/t9-,10?,11+,12+/m0/s1. The highest BCUT2D eigenvalue weighted by Gasteiger charge is 2.56. The monoisotopic (exact) mass is 307 g/mol. The minimum absolute atomic E-state index is 0.485. The molecule has 0 radical (unpaired) electrons. The highest BCUT2D eigenvalue weighted by molar-refractivity contribution is 7.80. The number of aliphatic hydroxyl groups excluding tert-OH is 3. The fraction of sp³-hybridized carbons (Fsp3) is 0.667. The second-order valence-electron chi connectivity index (χ2n) is 4.65. The summed E-state index contributed by atoms with van der Waals surface area (Å²) in [6.07, 6.45) is -1.76. The molecule has 0 aromatic rings. The number of ether oxygens (including phenoxy) is 1. The number of thiocarbonyl (C=S) groups is 1. The molecule has 1 unspecified atom stereocenters. The minimum atomic E-state index is -1.93. The first-order chi connectivity index (χ1) is 9.29. The van der Waals surface area contributed by atoms with Gasteiger partial charge < -0.3 is 20.1 Å². The first-order valence-electron chi connectivity index (χ1n) is 5.97. The third kappa shape index (κ3) is 3.21. The first kappa shape index (κ1) is 17.1. The van der Waals surface area contributed by atoms with Gasteiger partial charge in [-0.3, -0.25) is 9.69 Å². The fourth-order valence-electron chi connectivity index (χ4n) is 1.91. The molecule has 0 aromatic carbocycles. The zero-order valence-electron chi connectivity index (χ0n) is 11.2. The van der Waals surface area contributed by atoms with Crippen LogP contribution < -0.4 is 0 Å². The van der Waals surface area contributed by atoms with E-state index < -0.39 is 43.2 Å². The largest absolute Gasteiger partial charge is 0.393 e. The molecule has 1 aliphatic heterocycles. The van der Waals surface area contributed by atoms with E-state index in [1.807, 2.05) is 0 Å². The predicted molar refractivity (Wildman–Crippen MR) is 72.6 cm³/mol. The Balaban J connectivity index is 3.04. The molecule has 1 rings (SSSR count). The molecule has 1 heterocycles. The number of alkyl halides is 1. The Labute approximate surface area is 121 Å². The molecule has 6 nitrogen and oxygen atoms in total. The fourth-order valence-corrected chi connectivity index (χ4v) is 1.97. The van der Waals surface area contributed by atoms with Gasteiger partial charge in [0.1, 0.15) is 18.9 Å². The summed E-state index contributed by atoms with van der Waals surface area (Å²) in [6.45, 7) is 0.837. The third-order valence-electron chi connectivity index (χ3n) is 3.11. The van der Waals surface area contributed by atoms with Crippen LogP contribution in [0.25, 0.3) is 0 Å². The van der Waals surface area contributed by atoms with E-state index >= 15 is 0 Å². The van der Waals surface area contributed by atoms with Crippen LogP contribution in [-0.2, 0) is 9.53 Å². The molecule has 20 heavy (non-hydrogen) atoms. The molecule has 0 bridgehead atoms. The lowest BCUT2D eigenvalue weighted by molar-refractivity contribution is -0.162. The first-order valence-corrected chi connectivity index (χ1v) is 6.38. The van der Waals surface area contributed by atoms with Gasteiger partial charge in [-0.2, -0.15) is 0 Å². The van der Waals surface area contributed by atoms with Gasteiger partial charge in [0.05, 0.1) is 6.61 Å². The molecule has 1 saturated heterocycles. The summed E-state index contributed by atoms with van der Waals surface area (Å²) in [5.74, 6) is -0.485. The number of allylic oxidation sites excluding steroid dienone is 1. The predicted octanol–water partition coefficient (Wildman–Crippen LogP) is -0.483. The number of amides is 1. The van der Waals surface area contributed by atoms with Crippen LogP contribution in [0.5, 0.6) is 0 Å². The Morgan fingerprint density at radius 1 is 1.50 bits per heavy atom. The topological polar surface area (TPSA) is 90.2 Å². The number of rotatable bonds is 5. The second kappa shape index (κ2) is 6.68. The van der Waals surface area contributed by atoms with Crippen molar-refractivity contribution in [3.8, 4) is 0 Å². The summed E-state index contributed by atoms with van der Waals surface area (Å²) in [6, 6.07) is 0. The van der Waals surface area contributed by atoms with E-state index in [9.17, 15) is 24.5 Å². The Morgan fingerprint density at radius 3 is 2.45 bits per heavy atom. The van der Waals surface area contributed by atoms with Crippen LogP contribution in [0.1, 0.15) is 13.8 Å². The SMILES string of the molecule is CC(=O)N(/C=C\C(C)=S)[C@@H]1O[C@@](CO)(CF)C(O)[C@@H]1O. The minimum Gasteiger partial charge on any atom is -0.393 e. The van der Waals surface area contributed by atoms with Crippen LogP contribution in [0.4, 0.5) is 4.39 Å². The van der Waals surface area contributed by atoms with Gasteiger partial charge in [-0.25, -0.2) is 4.39 Å². The average Bonchev–Trinajstić information content (AvgIpc) is 2.64. The third-order valence-corrected chi connectivity index (χ3v) is 3.25. The second-order valence-corrected chi connectivity index (χ2v) is 5.30. The van der Waals surface area contributed by atoms with Crippen molar-refractivity contribution in [2.24, 2.45) is 0 Å². The average molecular weight is 307 g/mol. The normalized spacial score (nSPS) is 33.6. The van der Waals surface area contributed by atoms with E-state index in [2.05, 4.69) is 0 Å². The van der Waals surface area contributed by atoms with Crippen molar-refractivity contribution < 1.29 is 29.2 Å². The molecule has 3 N–H and O–H groups in total. The molecule has 1 fully saturated rings. The van der Waals surface area contributed by atoms with Gasteiger partial charge in [-0.05, 0) is 13.0 Å². The highest BCUT2D eigenvalue weighted by atomic mass is 32.1. The van der Waals surface area contributed by atoms with E-state index in [1.165, 1.54) is 19.2 Å². The smallest absolute Gasteiger partial charge is 0.225 e. The summed E-state index contributed by atoms with van der Waals surface area (Å²) < 4.78 is 18.2. The number of nitrogens with zero attached hydrogens (tertiary/aromatic N) is 1. The molecule has 8 heteroatoms. The van der Waals surface area contributed by atoms with E-state index in [-0.39, 0.29) is 0 Å². The molecule has 0 spiro atoms. The van der Waals surface area contributed by atoms with Gasteiger partial charge in [0.15, 0.2) is 11.8 Å². The Morgan fingerprint density at radius 2 is 2.10 bits per heavy atom. The van der Waals surface area contributed by atoms with Crippen molar-refractivity contribution in [1.29, 1.82) is 0 Å². The maximum absolute atomic E-state index is 13.0. The Hall–Kier alpha value is -0.930. The number of aliphatic hydroxyl groups is 3. The molecule has 1 aliphatic rings. The number of halogens is 1. The van der Waals surface area contributed by atoms with E-state index in [0.717, 1.165) is 4.90 Å². The van der Waals surface area contributed by atoms with Crippen LogP contribution in [-0.4, -0.2) is 68.3 Å². The van der Waals surface area contributed by atoms with Crippen molar-refractivity contribution in [1.82, 2.24) is 4.90 Å². The van der Waals surface area contributed by atoms with Gasteiger partial charge >= 0.3 is 0 Å². The Bertz CT molecular complexity index is 413. The van der Waals surface area contributed by atoms with Crippen molar-refractivity contribution >= 4 is 23.0 Å². The molecule has 1 amide bonds. The lowest BCUT2D eigenvalue weighted by Gasteiger charge is -2.28. The number of hydrogen-bond donors (Lipinski definition) is 3. The van der Waals surface area contributed by atoms with Gasteiger partial charge in [0.25, 0.3) is 0 Å². The van der Waals surface area contributed by atoms with E-state index in [1.54, 1.807) is 6.92 Å².